The normalized spacial score (nSPS) is 14.1. The minimum atomic E-state index is -4.95. The smallest absolute Gasteiger partial charge is 0.462 e. The molecule has 0 spiro atoms. The highest BCUT2D eigenvalue weighted by Gasteiger charge is 2.30. The molecule has 0 aliphatic rings. The van der Waals surface area contributed by atoms with Crippen molar-refractivity contribution < 1.29 is 80.2 Å². The van der Waals surface area contributed by atoms with Crippen LogP contribution in [0.4, 0.5) is 0 Å². The van der Waals surface area contributed by atoms with Gasteiger partial charge in [-0.25, -0.2) is 9.13 Å². The summed E-state index contributed by atoms with van der Waals surface area (Å²) >= 11 is 0. The maximum atomic E-state index is 13.0. The van der Waals surface area contributed by atoms with Crippen molar-refractivity contribution in [1.29, 1.82) is 0 Å². The van der Waals surface area contributed by atoms with Gasteiger partial charge in [0, 0.05) is 25.7 Å². The number of ether oxygens (including phenoxy) is 4. The lowest BCUT2D eigenvalue weighted by molar-refractivity contribution is -0.161. The lowest BCUT2D eigenvalue weighted by atomic mass is 10.0. The van der Waals surface area contributed by atoms with Crippen molar-refractivity contribution in [3.05, 3.63) is 0 Å². The minimum absolute atomic E-state index is 0.105. The van der Waals surface area contributed by atoms with Crippen molar-refractivity contribution in [2.24, 2.45) is 11.8 Å². The average molecular weight is 1330 g/mol. The Kier molecular flexibility index (Phi) is 61.8. The van der Waals surface area contributed by atoms with Gasteiger partial charge in [0.25, 0.3) is 0 Å². The van der Waals surface area contributed by atoms with E-state index in [1.165, 1.54) is 173 Å². The molecule has 90 heavy (non-hydrogen) atoms. The van der Waals surface area contributed by atoms with E-state index in [1.54, 1.807) is 0 Å². The molecule has 0 radical (unpaired) electrons. The minimum Gasteiger partial charge on any atom is -0.462 e. The summed E-state index contributed by atoms with van der Waals surface area (Å²) in [6, 6.07) is 0. The summed E-state index contributed by atoms with van der Waals surface area (Å²) in [4.78, 5) is 72.3. The van der Waals surface area contributed by atoms with Crippen LogP contribution in [0.2, 0.25) is 0 Å². The number of aliphatic hydroxyl groups excluding tert-OH is 1. The molecule has 0 heterocycles. The molecule has 0 aliphatic carbocycles. The van der Waals surface area contributed by atoms with Crippen LogP contribution in [0.3, 0.4) is 0 Å². The van der Waals surface area contributed by atoms with E-state index in [4.69, 9.17) is 37.0 Å². The van der Waals surface area contributed by atoms with E-state index in [1.807, 2.05) is 0 Å². The predicted octanol–water partition coefficient (Wildman–Crippen LogP) is 20.4. The number of hydrogen-bond donors (Lipinski definition) is 3. The van der Waals surface area contributed by atoms with Gasteiger partial charge in [-0.3, -0.25) is 37.3 Å². The van der Waals surface area contributed by atoms with Crippen LogP contribution >= 0.6 is 15.6 Å². The Labute approximate surface area is 549 Å². The first-order valence-electron chi connectivity index (χ1n) is 37.0. The van der Waals surface area contributed by atoms with Crippen LogP contribution < -0.4 is 0 Å². The number of hydrogen-bond acceptors (Lipinski definition) is 15. The molecule has 0 aromatic rings. The predicted molar refractivity (Wildman–Crippen MR) is 363 cm³/mol. The van der Waals surface area contributed by atoms with E-state index < -0.39 is 97.5 Å². The maximum absolute atomic E-state index is 13.0. The summed E-state index contributed by atoms with van der Waals surface area (Å²) in [6.45, 7) is 9.48. The van der Waals surface area contributed by atoms with Crippen LogP contribution in [0.25, 0.3) is 0 Å². The molecule has 5 atom stereocenters. The van der Waals surface area contributed by atoms with E-state index >= 15 is 0 Å². The largest absolute Gasteiger partial charge is 0.472 e. The topological polar surface area (TPSA) is 237 Å². The molecule has 0 aromatic carbocycles. The lowest BCUT2D eigenvalue weighted by Crippen LogP contribution is -2.30. The van der Waals surface area contributed by atoms with Gasteiger partial charge in [0.15, 0.2) is 12.2 Å². The van der Waals surface area contributed by atoms with Crippen LogP contribution in [0.5, 0.6) is 0 Å². The van der Waals surface area contributed by atoms with Crippen LogP contribution in [0, 0.1) is 11.8 Å². The summed E-state index contributed by atoms with van der Waals surface area (Å²) in [7, 11) is -9.89. The maximum Gasteiger partial charge on any atom is 0.472 e. The first kappa shape index (κ1) is 88.1. The Bertz CT molecular complexity index is 1750. The second-order valence-corrected chi connectivity index (χ2v) is 29.5. The molecule has 3 N–H and O–H groups in total. The third kappa shape index (κ3) is 64.8. The summed E-state index contributed by atoms with van der Waals surface area (Å²) < 4.78 is 68.1. The van der Waals surface area contributed by atoms with E-state index in [0.29, 0.717) is 25.7 Å². The van der Waals surface area contributed by atoms with Crippen molar-refractivity contribution in [2.75, 3.05) is 39.6 Å². The molecule has 0 saturated heterocycles. The Hall–Kier alpha value is -1.94. The van der Waals surface area contributed by atoms with E-state index in [2.05, 4.69) is 41.5 Å². The summed E-state index contributed by atoms with van der Waals surface area (Å²) in [5, 5.41) is 10.6. The molecule has 0 aromatic heterocycles. The number of carbonyl (C=O) groups is 4. The number of rotatable bonds is 70. The molecule has 0 bridgehead atoms. The number of aliphatic hydroxyl groups is 1. The third-order valence-electron chi connectivity index (χ3n) is 16.5. The van der Waals surface area contributed by atoms with Crippen molar-refractivity contribution >= 4 is 39.5 Å². The van der Waals surface area contributed by atoms with Gasteiger partial charge in [0.05, 0.1) is 26.4 Å². The monoisotopic (exact) mass is 1320 g/mol. The van der Waals surface area contributed by atoms with Crippen molar-refractivity contribution in [1.82, 2.24) is 0 Å². The zero-order valence-electron chi connectivity index (χ0n) is 58.4. The molecule has 17 nitrogen and oxygen atoms in total. The zero-order valence-corrected chi connectivity index (χ0v) is 60.2. The molecule has 0 amide bonds. The van der Waals surface area contributed by atoms with E-state index in [0.717, 1.165) is 108 Å². The Morgan fingerprint density at radius 2 is 0.511 bits per heavy atom. The lowest BCUT2D eigenvalue weighted by Gasteiger charge is -2.21. The standard InChI is InChI=1S/C71H138O17P2/c1-7-9-11-13-14-15-16-17-18-22-25-31-36-42-48-54-69(74)82-60-67(88-71(76)55-49-43-37-32-26-23-20-19-21-24-29-34-40-45-51-63(3)4)62-86-90(79,80)84-58-65(72)57-83-89(77,78)85-61-66(59-81-68(73)53-47-39-12-10-8-2)87-70(75)56-50-44-38-33-28-27-30-35-41-46-52-64(5)6/h63-67,72H,7-62H2,1-6H3,(H,77,78)(H,79,80)/t65-,66+,67+/m0/s1. The van der Waals surface area contributed by atoms with Gasteiger partial charge >= 0.3 is 39.5 Å². The molecular formula is C71H138O17P2. The van der Waals surface area contributed by atoms with Crippen molar-refractivity contribution in [3.63, 3.8) is 0 Å². The molecule has 2 unspecified atom stereocenters. The zero-order chi connectivity index (χ0) is 66.5. The molecule has 0 saturated carbocycles. The number of unbranched alkanes of at least 4 members (excludes halogenated alkanes) is 40. The SMILES string of the molecule is CCCCCCCCCCCCCCCCCC(=O)OC[C@H](COP(=O)(O)OC[C@@H](O)COP(=O)(O)OC[C@@H](COC(=O)CCCCCCC)OC(=O)CCCCCCCCCCCCC(C)C)OC(=O)CCCCCCCCCCCCCCCCC(C)C. The number of esters is 4. The van der Waals surface area contributed by atoms with Gasteiger partial charge in [0.2, 0.25) is 0 Å². The van der Waals surface area contributed by atoms with Crippen LogP contribution in [-0.2, 0) is 65.4 Å². The van der Waals surface area contributed by atoms with Crippen LogP contribution in [0.1, 0.15) is 363 Å². The average Bonchev–Trinajstić information content (AvgIpc) is 3.41. The summed E-state index contributed by atoms with van der Waals surface area (Å²) in [6.07, 6.45) is 48.9. The Morgan fingerprint density at radius 3 is 0.756 bits per heavy atom. The fourth-order valence-corrected chi connectivity index (χ4v) is 12.3. The van der Waals surface area contributed by atoms with Gasteiger partial charge in [-0.05, 0) is 37.5 Å². The van der Waals surface area contributed by atoms with Gasteiger partial charge in [-0.1, -0.05) is 311 Å². The second-order valence-electron chi connectivity index (χ2n) is 26.6. The third-order valence-corrected chi connectivity index (χ3v) is 18.4. The molecule has 0 fully saturated rings. The Morgan fingerprint density at radius 1 is 0.300 bits per heavy atom. The highest BCUT2D eigenvalue weighted by atomic mass is 31.2. The molecule has 19 heteroatoms. The van der Waals surface area contributed by atoms with Gasteiger partial charge in [-0.2, -0.15) is 0 Å². The Balaban J connectivity index is 5.16. The van der Waals surface area contributed by atoms with Crippen molar-refractivity contribution in [3.8, 4) is 0 Å². The van der Waals surface area contributed by atoms with Gasteiger partial charge < -0.3 is 33.8 Å². The number of phosphoric acid groups is 2. The van der Waals surface area contributed by atoms with Gasteiger partial charge in [0.1, 0.15) is 19.3 Å². The molecule has 0 rings (SSSR count). The van der Waals surface area contributed by atoms with Crippen LogP contribution in [-0.4, -0.2) is 96.7 Å². The van der Waals surface area contributed by atoms with Gasteiger partial charge in [-0.15, -0.1) is 0 Å². The first-order chi connectivity index (χ1) is 43.4. The number of phosphoric ester groups is 2. The van der Waals surface area contributed by atoms with E-state index in [-0.39, 0.29) is 25.7 Å². The van der Waals surface area contributed by atoms with E-state index in [9.17, 15) is 43.2 Å². The highest BCUT2D eigenvalue weighted by molar-refractivity contribution is 7.47. The van der Waals surface area contributed by atoms with Crippen LogP contribution in [0.15, 0.2) is 0 Å². The van der Waals surface area contributed by atoms with Crippen molar-refractivity contribution in [2.45, 2.75) is 381 Å². The highest BCUT2D eigenvalue weighted by Crippen LogP contribution is 2.45. The fraction of sp³-hybridized carbons (Fsp3) is 0.944. The fourth-order valence-electron chi connectivity index (χ4n) is 10.8. The quantitative estimate of drug-likeness (QED) is 0.0222. The second kappa shape index (κ2) is 63.1. The first-order valence-corrected chi connectivity index (χ1v) is 40.0. The summed E-state index contributed by atoms with van der Waals surface area (Å²) in [5.41, 5.74) is 0. The molecular weight excluding hydrogens is 1190 g/mol. The molecule has 534 valence electrons. The number of carbonyl (C=O) groups excluding carboxylic acids is 4. The summed E-state index contributed by atoms with van der Waals surface area (Å²) in [5.74, 6) is -0.585. The molecule has 0 aliphatic heterocycles.